The first-order chi connectivity index (χ1) is 7.69. The zero-order valence-electron chi connectivity index (χ0n) is 10.3. The van der Waals surface area contributed by atoms with Crippen LogP contribution < -0.4 is 5.32 Å². The molecule has 1 aromatic rings. The van der Waals surface area contributed by atoms with Gasteiger partial charge in [-0.1, -0.05) is 0 Å². The van der Waals surface area contributed by atoms with Gasteiger partial charge in [-0.15, -0.1) is 0 Å². The van der Waals surface area contributed by atoms with Gasteiger partial charge in [-0.2, -0.15) is 0 Å². The smallest absolute Gasteiger partial charge is 0.120 e. The van der Waals surface area contributed by atoms with Crippen LogP contribution in [0.5, 0.6) is 0 Å². The second-order valence-corrected chi connectivity index (χ2v) is 4.70. The molecule has 0 radical (unpaired) electrons. The minimum atomic E-state index is 0.286. The van der Waals surface area contributed by atoms with Crippen LogP contribution in [0, 0.1) is 6.92 Å². The van der Waals surface area contributed by atoms with Crippen LogP contribution in [0.25, 0.3) is 0 Å². The first kappa shape index (κ1) is 11.7. The van der Waals surface area contributed by atoms with Crippen molar-refractivity contribution in [2.24, 2.45) is 0 Å². The molecule has 1 heterocycles. The molecule has 2 rings (SSSR count). The van der Waals surface area contributed by atoms with Gasteiger partial charge in [0.05, 0.1) is 12.1 Å². The molecule has 0 aliphatic heterocycles. The molecule has 3 unspecified atom stereocenters. The van der Waals surface area contributed by atoms with Crippen molar-refractivity contribution >= 4 is 0 Å². The Kier molecular flexibility index (Phi) is 3.66. The Morgan fingerprint density at radius 2 is 2.25 bits per heavy atom. The summed E-state index contributed by atoms with van der Waals surface area (Å²) in [5, 5.41) is 3.60. The summed E-state index contributed by atoms with van der Waals surface area (Å²) >= 11 is 0. The summed E-state index contributed by atoms with van der Waals surface area (Å²) in [7, 11) is 1.80. The van der Waals surface area contributed by atoms with Gasteiger partial charge in [0.1, 0.15) is 11.5 Å². The molecule has 1 N–H and O–H groups in total. The van der Waals surface area contributed by atoms with Gasteiger partial charge in [-0.25, -0.2) is 0 Å². The van der Waals surface area contributed by atoms with Gasteiger partial charge in [-0.3, -0.25) is 0 Å². The highest BCUT2D eigenvalue weighted by Crippen LogP contribution is 2.24. The van der Waals surface area contributed by atoms with Gasteiger partial charge in [0.15, 0.2) is 0 Å². The Bertz CT molecular complexity index is 334. The lowest BCUT2D eigenvalue weighted by Gasteiger charge is -2.17. The van der Waals surface area contributed by atoms with Crippen molar-refractivity contribution in [2.75, 3.05) is 7.11 Å². The lowest BCUT2D eigenvalue weighted by Crippen LogP contribution is -2.29. The second-order valence-electron chi connectivity index (χ2n) is 4.70. The van der Waals surface area contributed by atoms with Crippen LogP contribution in [0.2, 0.25) is 0 Å². The molecule has 3 atom stereocenters. The highest BCUT2D eigenvalue weighted by Gasteiger charge is 2.26. The molecule has 0 amide bonds. The Morgan fingerprint density at radius 3 is 2.81 bits per heavy atom. The van der Waals surface area contributed by atoms with Crippen molar-refractivity contribution in [1.29, 1.82) is 0 Å². The largest absolute Gasteiger partial charge is 0.465 e. The number of ether oxygens (including phenoxy) is 1. The Morgan fingerprint density at radius 1 is 1.44 bits per heavy atom. The van der Waals surface area contributed by atoms with Gasteiger partial charge in [-0.05, 0) is 45.2 Å². The van der Waals surface area contributed by atoms with Crippen LogP contribution in [0.3, 0.4) is 0 Å². The number of hydrogen-bond acceptors (Lipinski definition) is 3. The zero-order valence-corrected chi connectivity index (χ0v) is 10.3. The quantitative estimate of drug-likeness (QED) is 0.852. The van der Waals surface area contributed by atoms with Crippen molar-refractivity contribution in [2.45, 2.75) is 51.3 Å². The number of furan rings is 1. The third-order valence-corrected chi connectivity index (χ3v) is 3.39. The number of methoxy groups -OCH3 is 1. The molecule has 90 valence electrons. The molecule has 1 fully saturated rings. The Labute approximate surface area is 97.2 Å². The van der Waals surface area contributed by atoms with Gasteiger partial charge < -0.3 is 14.5 Å². The van der Waals surface area contributed by atoms with E-state index < -0.39 is 0 Å². The molecule has 0 aromatic carbocycles. The predicted molar refractivity (Wildman–Crippen MR) is 63.4 cm³/mol. The van der Waals surface area contributed by atoms with Crippen LogP contribution in [0.1, 0.15) is 43.7 Å². The SMILES string of the molecule is COC1CCC(NC(C)c2ccc(C)o2)C1. The van der Waals surface area contributed by atoms with E-state index in [-0.39, 0.29) is 6.04 Å². The molecule has 3 heteroatoms. The maximum absolute atomic E-state index is 5.61. The first-order valence-electron chi connectivity index (χ1n) is 6.04. The fourth-order valence-corrected chi connectivity index (χ4v) is 2.43. The van der Waals surface area contributed by atoms with E-state index in [0.717, 1.165) is 24.4 Å². The van der Waals surface area contributed by atoms with Crippen molar-refractivity contribution < 1.29 is 9.15 Å². The van der Waals surface area contributed by atoms with Crippen LogP contribution in [-0.4, -0.2) is 19.3 Å². The first-order valence-corrected chi connectivity index (χ1v) is 6.04. The predicted octanol–water partition coefficient (Wildman–Crippen LogP) is 2.81. The molecule has 0 spiro atoms. The van der Waals surface area contributed by atoms with E-state index in [1.807, 2.05) is 13.0 Å². The molecule has 3 nitrogen and oxygen atoms in total. The molecule has 0 saturated heterocycles. The lowest BCUT2D eigenvalue weighted by molar-refractivity contribution is 0.106. The third-order valence-electron chi connectivity index (χ3n) is 3.39. The number of rotatable bonds is 4. The van der Waals surface area contributed by atoms with Crippen LogP contribution in [0.4, 0.5) is 0 Å². The summed E-state index contributed by atoms with van der Waals surface area (Å²) in [4.78, 5) is 0. The summed E-state index contributed by atoms with van der Waals surface area (Å²) in [6, 6.07) is 4.91. The van der Waals surface area contributed by atoms with E-state index in [4.69, 9.17) is 9.15 Å². The van der Waals surface area contributed by atoms with E-state index in [9.17, 15) is 0 Å². The Balaban J connectivity index is 1.86. The Hall–Kier alpha value is -0.800. The molecule has 1 aliphatic carbocycles. The molecular formula is C13H21NO2. The summed E-state index contributed by atoms with van der Waals surface area (Å²) in [6.45, 7) is 4.13. The third kappa shape index (κ3) is 2.66. The summed E-state index contributed by atoms with van der Waals surface area (Å²) in [6.07, 6.45) is 3.91. The minimum Gasteiger partial charge on any atom is -0.465 e. The van der Waals surface area contributed by atoms with Crippen molar-refractivity contribution in [3.05, 3.63) is 23.7 Å². The second kappa shape index (κ2) is 5.02. The fourth-order valence-electron chi connectivity index (χ4n) is 2.43. The van der Waals surface area contributed by atoms with Crippen LogP contribution >= 0.6 is 0 Å². The van der Waals surface area contributed by atoms with Crippen LogP contribution in [-0.2, 0) is 4.74 Å². The molecule has 0 bridgehead atoms. The summed E-state index contributed by atoms with van der Waals surface area (Å²) < 4.78 is 11.0. The van der Waals surface area contributed by atoms with Crippen molar-refractivity contribution in [1.82, 2.24) is 5.32 Å². The highest BCUT2D eigenvalue weighted by molar-refractivity contribution is 5.09. The minimum absolute atomic E-state index is 0.286. The van der Waals surface area contributed by atoms with Gasteiger partial charge >= 0.3 is 0 Å². The maximum atomic E-state index is 5.61. The summed E-state index contributed by atoms with van der Waals surface area (Å²) in [5.74, 6) is 2.00. The average Bonchev–Trinajstić information content (AvgIpc) is 2.87. The molecule has 1 aliphatic rings. The maximum Gasteiger partial charge on any atom is 0.120 e. The molecule has 1 saturated carbocycles. The monoisotopic (exact) mass is 223 g/mol. The van der Waals surface area contributed by atoms with E-state index in [1.165, 1.54) is 6.42 Å². The molecule has 16 heavy (non-hydrogen) atoms. The van der Waals surface area contributed by atoms with Gasteiger partial charge in [0.25, 0.3) is 0 Å². The van der Waals surface area contributed by atoms with Gasteiger partial charge in [0, 0.05) is 13.2 Å². The van der Waals surface area contributed by atoms with Crippen molar-refractivity contribution in [3.63, 3.8) is 0 Å². The van der Waals surface area contributed by atoms with Gasteiger partial charge in [0.2, 0.25) is 0 Å². The lowest BCUT2D eigenvalue weighted by atomic mass is 10.2. The topological polar surface area (TPSA) is 34.4 Å². The van der Waals surface area contributed by atoms with Crippen molar-refractivity contribution in [3.8, 4) is 0 Å². The van der Waals surface area contributed by atoms with E-state index in [0.29, 0.717) is 12.1 Å². The number of hydrogen-bond donors (Lipinski definition) is 1. The standard InChI is InChI=1S/C13H21NO2/c1-9-4-7-13(16-9)10(2)14-11-5-6-12(8-11)15-3/h4,7,10-12,14H,5-6,8H2,1-3H3. The van der Waals surface area contributed by atoms with Crippen LogP contribution in [0.15, 0.2) is 16.5 Å². The van der Waals surface area contributed by atoms with E-state index >= 15 is 0 Å². The van der Waals surface area contributed by atoms with E-state index in [2.05, 4.69) is 18.3 Å². The molecular weight excluding hydrogens is 202 g/mol. The fraction of sp³-hybridized carbons (Fsp3) is 0.692. The zero-order chi connectivity index (χ0) is 11.5. The highest BCUT2D eigenvalue weighted by atomic mass is 16.5. The molecule has 1 aromatic heterocycles. The summed E-state index contributed by atoms with van der Waals surface area (Å²) in [5.41, 5.74) is 0. The average molecular weight is 223 g/mol. The number of aryl methyl sites for hydroxylation is 1. The number of nitrogens with one attached hydrogen (secondary N) is 1. The normalized spacial score (nSPS) is 27.2. The van der Waals surface area contributed by atoms with E-state index in [1.54, 1.807) is 7.11 Å².